The summed E-state index contributed by atoms with van der Waals surface area (Å²) in [6.07, 6.45) is 9.12. The molecule has 2 aromatic heterocycles. The number of carbonyl (C=O) groups excluding carboxylic acids is 1. The summed E-state index contributed by atoms with van der Waals surface area (Å²) in [6, 6.07) is 6.06. The molecule has 4 rings (SSSR count). The van der Waals surface area contributed by atoms with E-state index in [1.54, 1.807) is 18.7 Å². The van der Waals surface area contributed by atoms with Gasteiger partial charge in [0.15, 0.2) is 0 Å². The SMILES string of the molecule is CC(c1ccco1)N(C(=O)C1CCN(c2ncccn2)CC1)C1CC1. The third kappa shape index (κ3) is 3.38. The molecule has 1 saturated heterocycles. The fourth-order valence-corrected chi connectivity index (χ4v) is 3.70. The molecule has 1 atom stereocenters. The third-order valence-corrected chi connectivity index (χ3v) is 5.25. The molecule has 0 aromatic carbocycles. The molecule has 2 fully saturated rings. The normalized spacial score (nSPS) is 19.6. The van der Waals surface area contributed by atoms with E-state index < -0.39 is 0 Å². The van der Waals surface area contributed by atoms with Crippen LogP contribution < -0.4 is 4.90 Å². The Morgan fingerprint density at radius 2 is 1.92 bits per heavy atom. The Hall–Kier alpha value is -2.37. The van der Waals surface area contributed by atoms with E-state index in [1.807, 2.05) is 18.2 Å². The average Bonchev–Trinajstić information content (AvgIpc) is 3.34. The van der Waals surface area contributed by atoms with Crippen LogP contribution >= 0.6 is 0 Å². The van der Waals surface area contributed by atoms with Crippen LogP contribution in [0.5, 0.6) is 0 Å². The van der Waals surface area contributed by atoms with E-state index in [2.05, 4.69) is 26.7 Å². The molecular weight excluding hydrogens is 316 g/mol. The Labute approximate surface area is 147 Å². The molecule has 0 radical (unpaired) electrons. The van der Waals surface area contributed by atoms with Gasteiger partial charge >= 0.3 is 0 Å². The Bertz CT molecular complexity index is 691. The lowest BCUT2D eigenvalue weighted by atomic mass is 9.94. The molecule has 1 aliphatic heterocycles. The predicted octanol–water partition coefficient (Wildman–Crippen LogP) is 3.04. The van der Waals surface area contributed by atoms with Crippen molar-refractivity contribution in [2.45, 2.75) is 44.7 Å². The monoisotopic (exact) mass is 340 g/mol. The minimum Gasteiger partial charge on any atom is -0.467 e. The second kappa shape index (κ2) is 6.86. The molecule has 0 spiro atoms. The van der Waals surface area contributed by atoms with Gasteiger partial charge in [-0.25, -0.2) is 9.97 Å². The molecule has 0 N–H and O–H groups in total. The maximum Gasteiger partial charge on any atom is 0.226 e. The maximum atomic E-state index is 13.2. The van der Waals surface area contributed by atoms with Crippen molar-refractivity contribution in [3.63, 3.8) is 0 Å². The molecular formula is C19H24N4O2. The lowest BCUT2D eigenvalue weighted by molar-refractivity contribution is -0.139. The molecule has 1 aliphatic carbocycles. The van der Waals surface area contributed by atoms with E-state index in [4.69, 9.17) is 4.42 Å². The largest absolute Gasteiger partial charge is 0.467 e. The van der Waals surface area contributed by atoms with Crippen LogP contribution in [0.15, 0.2) is 41.3 Å². The summed E-state index contributed by atoms with van der Waals surface area (Å²) >= 11 is 0. The van der Waals surface area contributed by atoms with E-state index >= 15 is 0 Å². The topological polar surface area (TPSA) is 62.5 Å². The molecule has 6 nitrogen and oxygen atoms in total. The number of amides is 1. The zero-order chi connectivity index (χ0) is 17.2. The number of anilines is 1. The van der Waals surface area contributed by atoms with Gasteiger partial charge in [-0.15, -0.1) is 0 Å². The summed E-state index contributed by atoms with van der Waals surface area (Å²) < 4.78 is 5.55. The molecule has 3 heterocycles. The van der Waals surface area contributed by atoms with Gasteiger partial charge in [0, 0.05) is 37.4 Å². The first-order valence-electron chi connectivity index (χ1n) is 9.11. The van der Waals surface area contributed by atoms with Gasteiger partial charge in [0.2, 0.25) is 11.9 Å². The molecule has 2 aromatic rings. The standard InChI is InChI=1S/C19H24N4O2/c1-14(17-4-2-13-25-17)23(16-5-6-16)18(24)15-7-11-22(12-8-15)19-20-9-3-10-21-19/h2-4,9-10,13-16H,5-8,11-12H2,1H3. The van der Waals surface area contributed by atoms with E-state index in [9.17, 15) is 4.79 Å². The fraction of sp³-hybridized carbons (Fsp3) is 0.526. The minimum absolute atomic E-state index is 0.00508. The van der Waals surface area contributed by atoms with Crippen LogP contribution in [-0.4, -0.2) is 39.9 Å². The van der Waals surface area contributed by atoms with Crippen LogP contribution in [0.1, 0.15) is 44.4 Å². The Morgan fingerprint density at radius 3 is 2.52 bits per heavy atom. The van der Waals surface area contributed by atoms with Crippen LogP contribution in [0, 0.1) is 5.92 Å². The predicted molar refractivity (Wildman–Crippen MR) is 94.0 cm³/mol. The van der Waals surface area contributed by atoms with E-state index in [-0.39, 0.29) is 17.9 Å². The van der Waals surface area contributed by atoms with E-state index in [1.165, 1.54) is 0 Å². The highest BCUT2D eigenvalue weighted by atomic mass is 16.3. The average molecular weight is 340 g/mol. The molecule has 0 bridgehead atoms. The van der Waals surface area contributed by atoms with Crippen LogP contribution in [0.3, 0.4) is 0 Å². The molecule has 25 heavy (non-hydrogen) atoms. The molecule has 1 amide bonds. The zero-order valence-corrected chi connectivity index (χ0v) is 14.5. The first-order valence-corrected chi connectivity index (χ1v) is 9.11. The second-order valence-electron chi connectivity index (χ2n) is 6.98. The number of piperidine rings is 1. The summed E-state index contributed by atoms with van der Waals surface area (Å²) in [5, 5.41) is 0. The second-order valence-corrected chi connectivity index (χ2v) is 6.98. The van der Waals surface area contributed by atoms with Gasteiger partial charge in [-0.2, -0.15) is 0 Å². The Kier molecular flexibility index (Phi) is 4.42. The first kappa shape index (κ1) is 16.1. The van der Waals surface area contributed by atoms with E-state index in [0.29, 0.717) is 6.04 Å². The van der Waals surface area contributed by atoms with Crippen LogP contribution in [0.2, 0.25) is 0 Å². The summed E-state index contributed by atoms with van der Waals surface area (Å²) in [7, 11) is 0. The number of carbonyl (C=O) groups is 1. The van der Waals surface area contributed by atoms with Crippen molar-refractivity contribution >= 4 is 11.9 Å². The minimum atomic E-state index is 0.00508. The van der Waals surface area contributed by atoms with Crippen molar-refractivity contribution in [1.29, 1.82) is 0 Å². The lowest BCUT2D eigenvalue weighted by Gasteiger charge is -2.36. The Balaban J connectivity index is 1.42. The highest BCUT2D eigenvalue weighted by molar-refractivity contribution is 5.80. The number of aromatic nitrogens is 2. The third-order valence-electron chi connectivity index (χ3n) is 5.25. The van der Waals surface area contributed by atoms with Gasteiger partial charge in [-0.1, -0.05) is 0 Å². The van der Waals surface area contributed by atoms with Gasteiger partial charge in [0.25, 0.3) is 0 Å². The van der Waals surface area contributed by atoms with E-state index in [0.717, 1.165) is 50.5 Å². The zero-order valence-electron chi connectivity index (χ0n) is 14.5. The van der Waals surface area contributed by atoms with Crippen molar-refractivity contribution in [3.05, 3.63) is 42.6 Å². The molecule has 2 aliphatic rings. The summed E-state index contributed by atoms with van der Waals surface area (Å²) in [6.45, 7) is 3.73. The highest BCUT2D eigenvalue weighted by Crippen LogP contribution is 2.37. The summed E-state index contributed by atoms with van der Waals surface area (Å²) in [5.74, 6) is 1.99. The number of furan rings is 1. The van der Waals surface area contributed by atoms with Crippen molar-refractivity contribution in [2.75, 3.05) is 18.0 Å². The summed E-state index contributed by atoms with van der Waals surface area (Å²) in [5.41, 5.74) is 0. The first-order chi connectivity index (χ1) is 12.2. The van der Waals surface area contributed by atoms with Crippen molar-refractivity contribution in [2.24, 2.45) is 5.92 Å². The fourth-order valence-electron chi connectivity index (χ4n) is 3.70. The van der Waals surface area contributed by atoms with Crippen LogP contribution in [0.4, 0.5) is 5.95 Å². The number of hydrogen-bond donors (Lipinski definition) is 0. The number of rotatable bonds is 5. The summed E-state index contributed by atoms with van der Waals surface area (Å²) in [4.78, 5) is 26.1. The molecule has 1 unspecified atom stereocenters. The van der Waals surface area contributed by atoms with Crippen molar-refractivity contribution < 1.29 is 9.21 Å². The van der Waals surface area contributed by atoms with Gasteiger partial charge in [-0.05, 0) is 50.8 Å². The van der Waals surface area contributed by atoms with Gasteiger partial charge in [0.1, 0.15) is 5.76 Å². The van der Waals surface area contributed by atoms with Gasteiger partial charge in [-0.3, -0.25) is 4.79 Å². The molecule has 6 heteroatoms. The Morgan fingerprint density at radius 1 is 1.20 bits per heavy atom. The van der Waals surface area contributed by atoms with Crippen LogP contribution in [-0.2, 0) is 4.79 Å². The quantitative estimate of drug-likeness (QED) is 0.837. The van der Waals surface area contributed by atoms with Gasteiger partial charge in [0.05, 0.1) is 12.3 Å². The van der Waals surface area contributed by atoms with Crippen LogP contribution in [0.25, 0.3) is 0 Å². The molecule has 132 valence electrons. The number of hydrogen-bond acceptors (Lipinski definition) is 5. The maximum absolute atomic E-state index is 13.2. The van der Waals surface area contributed by atoms with Crippen molar-refractivity contribution in [1.82, 2.24) is 14.9 Å². The number of nitrogens with zero attached hydrogens (tertiary/aromatic N) is 4. The highest BCUT2D eigenvalue weighted by Gasteiger charge is 2.40. The lowest BCUT2D eigenvalue weighted by Crippen LogP contribution is -2.44. The van der Waals surface area contributed by atoms with Gasteiger partial charge < -0.3 is 14.2 Å². The smallest absolute Gasteiger partial charge is 0.226 e. The van der Waals surface area contributed by atoms with Crippen molar-refractivity contribution in [3.8, 4) is 0 Å². The molecule has 1 saturated carbocycles.